The first-order valence-corrected chi connectivity index (χ1v) is 11.3. The summed E-state index contributed by atoms with van der Waals surface area (Å²) in [7, 11) is -1.68. The van der Waals surface area contributed by atoms with Gasteiger partial charge in [-0.3, -0.25) is 9.69 Å². The Morgan fingerprint density at radius 3 is 2.18 bits per heavy atom. The summed E-state index contributed by atoms with van der Waals surface area (Å²) in [6.07, 6.45) is 0.298. The average molecular weight is 410 g/mol. The lowest BCUT2D eigenvalue weighted by atomic mass is 10.0. The summed E-state index contributed by atoms with van der Waals surface area (Å²) in [5.74, 6) is 0.0941. The lowest BCUT2D eigenvalue weighted by Gasteiger charge is -2.36. The SMILES string of the molecule is COC(=O)N1CCCN(C(=O)C(c2ccccc2)N2CCS(=O)(=O)CC2)CC1. The summed E-state index contributed by atoms with van der Waals surface area (Å²) in [5.41, 5.74) is 0.862. The molecule has 154 valence electrons. The van der Waals surface area contributed by atoms with Gasteiger partial charge in [0.15, 0.2) is 9.84 Å². The Labute approximate surface area is 166 Å². The number of benzene rings is 1. The quantitative estimate of drug-likeness (QED) is 0.733. The minimum absolute atomic E-state index is 0.0442. The van der Waals surface area contributed by atoms with Crippen molar-refractivity contribution in [3.8, 4) is 0 Å². The number of amides is 2. The van der Waals surface area contributed by atoms with Gasteiger partial charge in [-0.15, -0.1) is 0 Å². The molecule has 1 aromatic carbocycles. The third-order valence-corrected chi connectivity index (χ3v) is 6.94. The zero-order valence-electron chi connectivity index (χ0n) is 16.1. The summed E-state index contributed by atoms with van der Waals surface area (Å²) in [6.45, 7) is 2.65. The van der Waals surface area contributed by atoms with Crippen molar-refractivity contribution < 1.29 is 22.7 Å². The first kappa shape index (κ1) is 20.6. The van der Waals surface area contributed by atoms with Gasteiger partial charge in [-0.05, 0) is 12.0 Å². The molecule has 0 spiro atoms. The van der Waals surface area contributed by atoms with Crippen molar-refractivity contribution >= 4 is 21.8 Å². The average Bonchev–Trinajstić information content (AvgIpc) is 2.96. The number of nitrogens with zero attached hydrogens (tertiary/aromatic N) is 3. The van der Waals surface area contributed by atoms with Crippen LogP contribution in [0.2, 0.25) is 0 Å². The van der Waals surface area contributed by atoms with Crippen molar-refractivity contribution in [3.63, 3.8) is 0 Å². The number of hydrogen-bond acceptors (Lipinski definition) is 6. The monoisotopic (exact) mass is 409 g/mol. The van der Waals surface area contributed by atoms with Crippen LogP contribution in [0.4, 0.5) is 4.79 Å². The lowest BCUT2D eigenvalue weighted by molar-refractivity contribution is -0.137. The van der Waals surface area contributed by atoms with Gasteiger partial charge in [0.05, 0.1) is 18.6 Å². The summed E-state index contributed by atoms with van der Waals surface area (Å²) in [5, 5.41) is 0. The van der Waals surface area contributed by atoms with Crippen molar-refractivity contribution in [2.45, 2.75) is 12.5 Å². The Morgan fingerprint density at radius 1 is 0.929 bits per heavy atom. The molecular weight excluding hydrogens is 382 g/mol. The molecular formula is C19H27N3O5S. The molecule has 9 heteroatoms. The summed E-state index contributed by atoms with van der Waals surface area (Å²) >= 11 is 0. The molecule has 2 heterocycles. The molecule has 0 aliphatic carbocycles. The molecule has 3 rings (SSSR count). The fourth-order valence-corrected chi connectivity index (χ4v) is 4.98. The van der Waals surface area contributed by atoms with Crippen LogP contribution in [0.5, 0.6) is 0 Å². The maximum absolute atomic E-state index is 13.5. The summed E-state index contributed by atoms with van der Waals surface area (Å²) in [6, 6.07) is 8.97. The number of hydrogen-bond donors (Lipinski definition) is 0. The predicted molar refractivity (Wildman–Crippen MR) is 105 cm³/mol. The van der Waals surface area contributed by atoms with Crippen LogP contribution in [0.15, 0.2) is 30.3 Å². The van der Waals surface area contributed by atoms with Crippen molar-refractivity contribution in [2.24, 2.45) is 0 Å². The molecule has 0 aromatic heterocycles. The second-order valence-corrected chi connectivity index (χ2v) is 9.44. The number of rotatable bonds is 3. The van der Waals surface area contributed by atoms with E-state index in [4.69, 9.17) is 4.74 Å². The molecule has 2 aliphatic rings. The van der Waals surface area contributed by atoms with Gasteiger partial charge in [0, 0.05) is 39.3 Å². The highest BCUT2D eigenvalue weighted by atomic mass is 32.2. The van der Waals surface area contributed by atoms with Gasteiger partial charge in [0.1, 0.15) is 6.04 Å². The molecule has 2 saturated heterocycles. The van der Waals surface area contributed by atoms with E-state index in [1.54, 1.807) is 9.80 Å². The van der Waals surface area contributed by atoms with Crippen molar-refractivity contribution in [1.29, 1.82) is 0 Å². The first-order chi connectivity index (χ1) is 13.4. The second-order valence-electron chi connectivity index (χ2n) is 7.14. The van der Waals surface area contributed by atoms with Crippen molar-refractivity contribution in [2.75, 3.05) is 57.9 Å². The van der Waals surface area contributed by atoms with Crippen molar-refractivity contribution in [1.82, 2.24) is 14.7 Å². The molecule has 0 bridgehead atoms. The van der Waals surface area contributed by atoms with Crippen LogP contribution in [0, 0.1) is 0 Å². The molecule has 0 N–H and O–H groups in total. The van der Waals surface area contributed by atoms with Gasteiger partial charge in [0.2, 0.25) is 5.91 Å². The van der Waals surface area contributed by atoms with Crippen molar-refractivity contribution in [3.05, 3.63) is 35.9 Å². The molecule has 8 nitrogen and oxygen atoms in total. The van der Waals surface area contributed by atoms with Crippen LogP contribution in [0.25, 0.3) is 0 Å². The first-order valence-electron chi connectivity index (χ1n) is 9.52. The van der Waals surface area contributed by atoms with Gasteiger partial charge in [-0.25, -0.2) is 13.2 Å². The number of carbonyl (C=O) groups is 2. The van der Waals surface area contributed by atoms with E-state index in [-0.39, 0.29) is 23.5 Å². The van der Waals surface area contributed by atoms with E-state index in [0.29, 0.717) is 45.7 Å². The summed E-state index contributed by atoms with van der Waals surface area (Å²) in [4.78, 5) is 30.6. The van der Waals surface area contributed by atoms with E-state index in [9.17, 15) is 18.0 Å². The molecule has 1 aromatic rings. The van der Waals surface area contributed by atoms with E-state index in [2.05, 4.69) is 0 Å². The van der Waals surface area contributed by atoms with Gasteiger partial charge in [0.25, 0.3) is 0 Å². The summed E-state index contributed by atoms with van der Waals surface area (Å²) < 4.78 is 28.4. The smallest absolute Gasteiger partial charge is 0.409 e. The predicted octanol–water partition coefficient (Wildman–Crippen LogP) is 0.759. The topological polar surface area (TPSA) is 87.2 Å². The molecule has 28 heavy (non-hydrogen) atoms. The van der Waals surface area contributed by atoms with Crippen LogP contribution in [-0.4, -0.2) is 93.0 Å². The van der Waals surface area contributed by atoms with Crippen LogP contribution in [0.3, 0.4) is 0 Å². The third kappa shape index (κ3) is 4.82. The Bertz CT molecular complexity index is 785. The number of ether oxygens (including phenoxy) is 1. The zero-order valence-corrected chi connectivity index (χ0v) is 16.9. The lowest BCUT2D eigenvalue weighted by Crippen LogP contribution is -2.49. The zero-order chi connectivity index (χ0) is 20.1. The highest BCUT2D eigenvalue weighted by molar-refractivity contribution is 7.91. The minimum Gasteiger partial charge on any atom is -0.453 e. The van der Waals surface area contributed by atoms with Gasteiger partial charge in [-0.2, -0.15) is 0 Å². The minimum atomic E-state index is -3.03. The Kier molecular flexibility index (Phi) is 6.56. The van der Waals surface area contributed by atoms with Crippen LogP contribution in [-0.2, 0) is 19.4 Å². The highest BCUT2D eigenvalue weighted by Crippen LogP contribution is 2.26. The van der Waals surface area contributed by atoms with Crippen LogP contribution in [0.1, 0.15) is 18.0 Å². The van der Waals surface area contributed by atoms with E-state index >= 15 is 0 Å². The maximum Gasteiger partial charge on any atom is 0.409 e. The van der Waals surface area contributed by atoms with Crippen LogP contribution >= 0.6 is 0 Å². The fourth-order valence-electron chi connectivity index (χ4n) is 3.75. The number of sulfone groups is 1. The van der Waals surface area contributed by atoms with E-state index < -0.39 is 15.9 Å². The van der Waals surface area contributed by atoms with Gasteiger partial charge >= 0.3 is 6.09 Å². The molecule has 0 saturated carbocycles. The molecule has 2 aliphatic heterocycles. The molecule has 0 radical (unpaired) electrons. The molecule has 1 atom stereocenters. The Hall–Kier alpha value is -2.13. The third-order valence-electron chi connectivity index (χ3n) is 5.33. The molecule has 1 unspecified atom stereocenters. The van der Waals surface area contributed by atoms with E-state index in [1.165, 1.54) is 7.11 Å². The standard InChI is InChI=1S/C19H27N3O5S/c1-27-19(24)22-9-5-8-21(10-11-22)18(23)17(16-6-3-2-4-7-16)20-12-14-28(25,26)15-13-20/h2-4,6-7,17H,5,8-15H2,1H3. The Morgan fingerprint density at radius 2 is 1.54 bits per heavy atom. The second kappa shape index (κ2) is 8.91. The maximum atomic E-state index is 13.5. The van der Waals surface area contributed by atoms with E-state index in [1.807, 2.05) is 35.2 Å². The van der Waals surface area contributed by atoms with Gasteiger partial charge in [-0.1, -0.05) is 30.3 Å². The fraction of sp³-hybridized carbons (Fsp3) is 0.579. The highest BCUT2D eigenvalue weighted by Gasteiger charge is 2.35. The largest absolute Gasteiger partial charge is 0.453 e. The normalized spacial score (nSPS) is 21.6. The molecule has 2 amide bonds. The van der Waals surface area contributed by atoms with E-state index in [0.717, 1.165) is 5.56 Å². The van der Waals surface area contributed by atoms with Crippen LogP contribution < -0.4 is 0 Å². The molecule has 2 fully saturated rings. The number of methoxy groups -OCH3 is 1. The van der Waals surface area contributed by atoms with Gasteiger partial charge < -0.3 is 14.5 Å². The number of carbonyl (C=O) groups excluding carboxylic acids is 2. The Balaban J connectivity index is 1.78.